The molecule has 0 atom stereocenters. The van der Waals surface area contributed by atoms with E-state index in [4.69, 9.17) is 0 Å². The maximum absolute atomic E-state index is 13.4. The summed E-state index contributed by atoms with van der Waals surface area (Å²) in [6, 6.07) is 10.5. The molecule has 0 N–H and O–H groups in total. The molecule has 0 bridgehead atoms. The van der Waals surface area contributed by atoms with Crippen molar-refractivity contribution in [2.45, 2.75) is 26.8 Å². The summed E-state index contributed by atoms with van der Waals surface area (Å²) in [5.74, 6) is 1.30. The molecule has 0 saturated heterocycles. The first-order valence-corrected chi connectivity index (χ1v) is 7.18. The Labute approximate surface area is 123 Å². The third kappa shape index (κ3) is 2.94. The second-order valence-electron chi connectivity index (χ2n) is 5.69. The fourth-order valence-corrected chi connectivity index (χ4v) is 2.51. The summed E-state index contributed by atoms with van der Waals surface area (Å²) in [4.78, 5) is 9.11. The lowest BCUT2D eigenvalue weighted by molar-refractivity contribution is 0.591. The van der Waals surface area contributed by atoms with Gasteiger partial charge in [0.2, 0.25) is 0 Å². The van der Waals surface area contributed by atoms with Crippen molar-refractivity contribution in [3.05, 3.63) is 59.8 Å². The topological polar surface area (TPSA) is 30.7 Å². The molecule has 3 nitrogen and oxygen atoms in total. The van der Waals surface area contributed by atoms with Crippen molar-refractivity contribution in [1.82, 2.24) is 14.5 Å². The molecule has 3 rings (SSSR count). The molecule has 21 heavy (non-hydrogen) atoms. The van der Waals surface area contributed by atoms with Gasteiger partial charge in [-0.3, -0.25) is 0 Å². The van der Waals surface area contributed by atoms with Crippen molar-refractivity contribution in [1.29, 1.82) is 0 Å². The van der Waals surface area contributed by atoms with Crippen LogP contribution in [-0.2, 0) is 13.0 Å². The van der Waals surface area contributed by atoms with Gasteiger partial charge in [-0.05, 0) is 35.7 Å². The Kier molecular flexibility index (Phi) is 3.69. The zero-order valence-electron chi connectivity index (χ0n) is 12.3. The van der Waals surface area contributed by atoms with Crippen molar-refractivity contribution in [3.8, 4) is 0 Å². The summed E-state index contributed by atoms with van der Waals surface area (Å²) in [7, 11) is 0. The molecule has 1 aromatic carbocycles. The second kappa shape index (κ2) is 5.64. The van der Waals surface area contributed by atoms with Gasteiger partial charge in [0.1, 0.15) is 17.2 Å². The van der Waals surface area contributed by atoms with E-state index in [2.05, 4.69) is 28.4 Å². The van der Waals surface area contributed by atoms with E-state index in [-0.39, 0.29) is 5.82 Å². The van der Waals surface area contributed by atoms with E-state index in [9.17, 15) is 4.39 Å². The molecule has 4 heteroatoms. The first-order chi connectivity index (χ1) is 10.1. The lowest BCUT2D eigenvalue weighted by Gasteiger charge is -2.10. The van der Waals surface area contributed by atoms with E-state index >= 15 is 0 Å². The minimum Gasteiger partial charge on any atom is -0.308 e. The van der Waals surface area contributed by atoms with Crippen molar-refractivity contribution in [2.75, 3.05) is 0 Å². The van der Waals surface area contributed by atoms with Crippen LogP contribution in [-0.4, -0.2) is 14.5 Å². The first-order valence-electron chi connectivity index (χ1n) is 7.18. The zero-order chi connectivity index (χ0) is 14.8. The SMILES string of the molecule is CC(C)Cc1nc2cccnc2n1Cc1cccc(F)c1. The van der Waals surface area contributed by atoms with E-state index in [1.807, 2.05) is 18.2 Å². The van der Waals surface area contributed by atoms with Gasteiger partial charge < -0.3 is 4.57 Å². The molecule has 0 unspecified atom stereocenters. The van der Waals surface area contributed by atoms with Gasteiger partial charge in [0.05, 0.1) is 6.54 Å². The van der Waals surface area contributed by atoms with E-state index in [0.717, 1.165) is 29.0 Å². The quantitative estimate of drug-likeness (QED) is 0.729. The van der Waals surface area contributed by atoms with Crippen LogP contribution in [0.4, 0.5) is 4.39 Å². The van der Waals surface area contributed by atoms with Gasteiger partial charge in [0.25, 0.3) is 0 Å². The number of halogens is 1. The molecule has 0 aliphatic heterocycles. The molecular formula is C17H18FN3. The standard InChI is InChI=1S/C17H18FN3/c1-12(2)9-16-20-15-7-4-8-19-17(15)21(16)11-13-5-3-6-14(18)10-13/h3-8,10,12H,9,11H2,1-2H3. The van der Waals surface area contributed by atoms with E-state index in [1.165, 1.54) is 6.07 Å². The Hall–Kier alpha value is -2.23. The molecule has 2 heterocycles. The summed E-state index contributed by atoms with van der Waals surface area (Å²) < 4.78 is 15.5. The van der Waals surface area contributed by atoms with Gasteiger partial charge >= 0.3 is 0 Å². The van der Waals surface area contributed by atoms with E-state index in [0.29, 0.717) is 12.5 Å². The Balaban J connectivity index is 2.06. The maximum atomic E-state index is 13.4. The molecule has 0 aliphatic rings. The molecule has 0 fully saturated rings. The third-order valence-corrected chi connectivity index (χ3v) is 3.40. The molecule has 0 aliphatic carbocycles. The maximum Gasteiger partial charge on any atom is 0.160 e. The molecule has 0 spiro atoms. The van der Waals surface area contributed by atoms with E-state index < -0.39 is 0 Å². The molecule has 0 radical (unpaired) electrons. The first kappa shape index (κ1) is 13.7. The number of hydrogen-bond acceptors (Lipinski definition) is 2. The number of aromatic nitrogens is 3. The van der Waals surface area contributed by atoms with E-state index in [1.54, 1.807) is 18.3 Å². The Morgan fingerprint density at radius 3 is 2.81 bits per heavy atom. The molecule has 108 valence electrons. The highest BCUT2D eigenvalue weighted by Crippen LogP contribution is 2.18. The minimum absolute atomic E-state index is 0.213. The third-order valence-electron chi connectivity index (χ3n) is 3.40. The predicted molar refractivity (Wildman–Crippen MR) is 81.6 cm³/mol. The summed E-state index contributed by atoms with van der Waals surface area (Å²) in [5.41, 5.74) is 2.67. The highest BCUT2D eigenvalue weighted by Gasteiger charge is 2.13. The van der Waals surface area contributed by atoms with Crippen LogP contribution in [0.5, 0.6) is 0 Å². The van der Waals surface area contributed by atoms with Gasteiger partial charge in [-0.2, -0.15) is 0 Å². The number of rotatable bonds is 4. The second-order valence-corrected chi connectivity index (χ2v) is 5.69. The zero-order valence-corrected chi connectivity index (χ0v) is 12.3. The lowest BCUT2D eigenvalue weighted by atomic mass is 10.1. The molecule has 0 amide bonds. The van der Waals surface area contributed by atoms with Crippen LogP contribution in [0.2, 0.25) is 0 Å². The molecular weight excluding hydrogens is 265 g/mol. The van der Waals surface area contributed by atoms with Crippen molar-refractivity contribution in [2.24, 2.45) is 5.92 Å². The predicted octanol–water partition coefficient (Wildman–Crippen LogP) is 3.82. The number of hydrogen-bond donors (Lipinski definition) is 0. The number of pyridine rings is 1. The van der Waals surface area contributed by atoms with Crippen molar-refractivity contribution >= 4 is 11.2 Å². The highest BCUT2D eigenvalue weighted by atomic mass is 19.1. The smallest absolute Gasteiger partial charge is 0.160 e. The minimum atomic E-state index is -0.213. The summed E-state index contributed by atoms with van der Waals surface area (Å²) in [6.07, 6.45) is 2.65. The lowest BCUT2D eigenvalue weighted by Crippen LogP contribution is -2.08. The van der Waals surface area contributed by atoms with Crippen molar-refractivity contribution < 1.29 is 4.39 Å². The summed E-state index contributed by atoms with van der Waals surface area (Å²) >= 11 is 0. The van der Waals surface area contributed by atoms with Gasteiger partial charge in [0, 0.05) is 12.6 Å². The molecule has 3 aromatic rings. The van der Waals surface area contributed by atoms with Gasteiger partial charge in [-0.1, -0.05) is 26.0 Å². The molecule has 0 saturated carbocycles. The normalized spacial score (nSPS) is 11.4. The van der Waals surface area contributed by atoms with Crippen LogP contribution >= 0.6 is 0 Å². The molecule has 2 aromatic heterocycles. The number of nitrogens with zero attached hydrogens (tertiary/aromatic N) is 3. The van der Waals surface area contributed by atoms with Crippen LogP contribution < -0.4 is 0 Å². The van der Waals surface area contributed by atoms with Gasteiger partial charge in [-0.15, -0.1) is 0 Å². The fraction of sp³-hybridized carbons (Fsp3) is 0.294. The van der Waals surface area contributed by atoms with Crippen LogP contribution in [0, 0.1) is 11.7 Å². The Morgan fingerprint density at radius 1 is 1.19 bits per heavy atom. The summed E-state index contributed by atoms with van der Waals surface area (Å²) in [6.45, 7) is 4.92. The Bertz CT molecular complexity index is 762. The monoisotopic (exact) mass is 283 g/mol. The average molecular weight is 283 g/mol. The number of benzene rings is 1. The fourth-order valence-electron chi connectivity index (χ4n) is 2.51. The largest absolute Gasteiger partial charge is 0.308 e. The van der Waals surface area contributed by atoms with Gasteiger partial charge in [-0.25, -0.2) is 14.4 Å². The average Bonchev–Trinajstić information content (AvgIpc) is 2.76. The van der Waals surface area contributed by atoms with Gasteiger partial charge in [0.15, 0.2) is 5.65 Å². The highest BCUT2D eigenvalue weighted by molar-refractivity contribution is 5.71. The number of fused-ring (bicyclic) bond motifs is 1. The van der Waals surface area contributed by atoms with Crippen LogP contribution in [0.1, 0.15) is 25.2 Å². The van der Waals surface area contributed by atoms with Crippen molar-refractivity contribution in [3.63, 3.8) is 0 Å². The van der Waals surface area contributed by atoms with Crippen LogP contribution in [0.3, 0.4) is 0 Å². The Morgan fingerprint density at radius 2 is 2.05 bits per heavy atom. The van der Waals surface area contributed by atoms with Crippen LogP contribution in [0.15, 0.2) is 42.6 Å². The van der Waals surface area contributed by atoms with Crippen LogP contribution in [0.25, 0.3) is 11.2 Å². The summed E-state index contributed by atoms with van der Waals surface area (Å²) in [5, 5.41) is 0. The number of imidazole rings is 1.